The van der Waals surface area contributed by atoms with E-state index in [-0.39, 0.29) is 11.2 Å². The summed E-state index contributed by atoms with van der Waals surface area (Å²) >= 11 is 1.43. The number of hydrogen-bond acceptors (Lipinski definition) is 5. The van der Waals surface area contributed by atoms with Crippen LogP contribution in [0.3, 0.4) is 0 Å². The van der Waals surface area contributed by atoms with Gasteiger partial charge in [0.05, 0.1) is 22.3 Å². The fourth-order valence-corrected chi connectivity index (χ4v) is 3.34. The standard InChI is InChI=1S/C15H22N6OS/c1-8-12(9(2)21(5)19-8)16-14(22)10(3)23-15-18-17-13(20(15)4)11-6-7-11/h10-11H,6-7H2,1-5H3,(H,16,22)/t10-/m1/s1. The molecular weight excluding hydrogens is 312 g/mol. The van der Waals surface area contributed by atoms with E-state index in [0.717, 1.165) is 28.1 Å². The Kier molecular flexibility index (Phi) is 4.18. The van der Waals surface area contributed by atoms with Gasteiger partial charge in [-0.3, -0.25) is 9.48 Å². The Balaban J connectivity index is 1.68. The number of aromatic nitrogens is 5. The predicted octanol–water partition coefficient (Wildman–Crippen LogP) is 2.16. The molecule has 124 valence electrons. The maximum absolute atomic E-state index is 12.5. The molecule has 0 spiro atoms. The predicted molar refractivity (Wildman–Crippen MR) is 89.6 cm³/mol. The summed E-state index contributed by atoms with van der Waals surface area (Å²) in [5, 5.41) is 16.3. The van der Waals surface area contributed by atoms with Gasteiger partial charge in [0.15, 0.2) is 5.16 Å². The summed E-state index contributed by atoms with van der Waals surface area (Å²) in [6, 6.07) is 0. The van der Waals surface area contributed by atoms with Gasteiger partial charge in [0.25, 0.3) is 0 Å². The number of anilines is 1. The minimum absolute atomic E-state index is 0.0508. The zero-order valence-electron chi connectivity index (χ0n) is 14.1. The molecule has 2 heterocycles. The number of rotatable bonds is 5. The van der Waals surface area contributed by atoms with E-state index in [2.05, 4.69) is 20.6 Å². The van der Waals surface area contributed by atoms with Crippen molar-refractivity contribution in [1.82, 2.24) is 24.5 Å². The first-order chi connectivity index (χ1) is 10.9. The zero-order chi connectivity index (χ0) is 16.7. The summed E-state index contributed by atoms with van der Waals surface area (Å²) in [6.45, 7) is 5.72. The van der Waals surface area contributed by atoms with E-state index in [9.17, 15) is 4.79 Å². The molecule has 0 radical (unpaired) electrons. The lowest BCUT2D eigenvalue weighted by molar-refractivity contribution is -0.115. The molecule has 1 aliphatic rings. The molecule has 3 rings (SSSR count). The highest BCUT2D eigenvalue weighted by atomic mass is 32.2. The van der Waals surface area contributed by atoms with Crippen molar-refractivity contribution in [3.63, 3.8) is 0 Å². The minimum Gasteiger partial charge on any atom is -0.322 e. The fourth-order valence-electron chi connectivity index (χ4n) is 2.52. The van der Waals surface area contributed by atoms with Crippen LogP contribution in [0.1, 0.15) is 42.9 Å². The van der Waals surface area contributed by atoms with Crippen molar-refractivity contribution >= 4 is 23.4 Å². The summed E-state index contributed by atoms with van der Waals surface area (Å²) in [7, 11) is 3.84. The largest absolute Gasteiger partial charge is 0.322 e. The van der Waals surface area contributed by atoms with E-state index >= 15 is 0 Å². The normalized spacial score (nSPS) is 15.7. The van der Waals surface area contributed by atoms with Gasteiger partial charge in [0, 0.05) is 20.0 Å². The van der Waals surface area contributed by atoms with Crippen LogP contribution in [0.2, 0.25) is 0 Å². The van der Waals surface area contributed by atoms with Gasteiger partial charge in [-0.25, -0.2) is 0 Å². The van der Waals surface area contributed by atoms with Gasteiger partial charge < -0.3 is 9.88 Å². The molecule has 0 saturated heterocycles. The molecule has 0 aromatic carbocycles. The smallest absolute Gasteiger partial charge is 0.237 e. The lowest BCUT2D eigenvalue weighted by Crippen LogP contribution is -2.23. The van der Waals surface area contributed by atoms with Gasteiger partial charge in [-0.15, -0.1) is 10.2 Å². The molecule has 7 nitrogen and oxygen atoms in total. The topological polar surface area (TPSA) is 77.6 Å². The van der Waals surface area contributed by atoms with Crippen LogP contribution >= 0.6 is 11.8 Å². The van der Waals surface area contributed by atoms with E-state index in [4.69, 9.17) is 0 Å². The van der Waals surface area contributed by atoms with E-state index in [0.29, 0.717) is 5.92 Å². The van der Waals surface area contributed by atoms with E-state index < -0.39 is 0 Å². The third-order valence-corrected chi connectivity index (χ3v) is 5.35. The van der Waals surface area contributed by atoms with Crippen LogP contribution in [0.15, 0.2) is 5.16 Å². The quantitative estimate of drug-likeness (QED) is 0.848. The summed E-state index contributed by atoms with van der Waals surface area (Å²) in [5.74, 6) is 1.52. The van der Waals surface area contributed by atoms with Gasteiger partial charge in [-0.2, -0.15) is 5.10 Å². The van der Waals surface area contributed by atoms with Crippen molar-refractivity contribution in [2.45, 2.75) is 49.9 Å². The van der Waals surface area contributed by atoms with Crippen LogP contribution in [0.4, 0.5) is 5.69 Å². The van der Waals surface area contributed by atoms with Crippen LogP contribution in [0, 0.1) is 13.8 Å². The molecule has 8 heteroatoms. The molecule has 0 aliphatic heterocycles. The second-order valence-electron chi connectivity index (χ2n) is 6.09. The van der Waals surface area contributed by atoms with Crippen LogP contribution in [-0.2, 0) is 18.9 Å². The van der Waals surface area contributed by atoms with Crippen molar-refractivity contribution in [2.24, 2.45) is 14.1 Å². The highest BCUT2D eigenvalue weighted by Gasteiger charge is 2.30. The molecule has 1 saturated carbocycles. The molecule has 1 atom stereocenters. The van der Waals surface area contributed by atoms with Gasteiger partial charge in [-0.1, -0.05) is 11.8 Å². The number of hydrogen-bond donors (Lipinski definition) is 1. The van der Waals surface area contributed by atoms with Gasteiger partial charge >= 0.3 is 0 Å². The Morgan fingerprint density at radius 2 is 2.00 bits per heavy atom. The lowest BCUT2D eigenvalue weighted by atomic mass is 10.3. The molecular formula is C15H22N6OS. The summed E-state index contributed by atoms with van der Waals surface area (Å²) in [6.07, 6.45) is 2.37. The maximum Gasteiger partial charge on any atom is 0.237 e. The minimum atomic E-state index is -0.260. The third kappa shape index (κ3) is 3.12. The van der Waals surface area contributed by atoms with Crippen molar-refractivity contribution in [3.05, 3.63) is 17.2 Å². The number of thioether (sulfide) groups is 1. The molecule has 23 heavy (non-hydrogen) atoms. The molecule has 0 unspecified atom stereocenters. The number of carbonyl (C=O) groups is 1. The zero-order valence-corrected chi connectivity index (χ0v) is 14.9. The van der Waals surface area contributed by atoms with Crippen molar-refractivity contribution in [1.29, 1.82) is 0 Å². The fraction of sp³-hybridized carbons (Fsp3) is 0.600. The molecule has 2 aromatic rings. The van der Waals surface area contributed by atoms with Crippen molar-refractivity contribution < 1.29 is 4.79 Å². The third-order valence-electron chi connectivity index (χ3n) is 4.22. The first-order valence-electron chi connectivity index (χ1n) is 7.75. The molecule has 0 bridgehead atoms. The molecule has 1 amide bonds. The summed E-state index contributed by atoms with van der Waals surface area (Å²) in [5.41, 5.74) is 2.56. The van der Waals surface area contributed by atoms with Crippen LogP contribution in [0.25, 0.3) is 0 Å². The number of aryl methyl sites for hydroxylation is 2. The first-order valence-corrected chi connectivity index (χ1v) is 8.63. The van der Waals surface area contributed by atoms with E-state index in [1.165, 1.54) is 24.6 Å². The summed E-state index contributed by atoms with van der Waals surface area (Å²) in [4.78, 5) is 12.5. The first kappa shape index (κ1) is 16.0. The molecule has 1 aliphatic carbocycles. The van der Waals surface area contributed by atoms with E-state index in [1.54, 1.807) is 4.68 Å². The average molecular weight is 334 g/mol. The van der Waals surface area contributed by atoms with Gasteiger partial charge in [0.1, 0.15) is 5.82 Å². The van der Waals surface area contributed by atoms with Crippen molar-refractivity contribution in [3.8, 4) is 0 Å². The molecule has 1 N–H and O–H groups in total. The highest BCUT2D eigenvalue weighted by molar-refractivity contribution is 8.00. The second-order valence-corrected chi connectivity index (χ2v) is 7.40. The molecule has 1 fully saturated rings. The molecule has 2 aromatic heterocycles. The highest BCUT2D eigenvalue weighted by Crippen LogP contribution is 2.39. The Morgan fingerprint density at radius 1 is 1.30 bits per heavy atom. The Bertz CT molecular complexity index is 745. The number of nitrogens with one attached hydrogen (secondary N) is 1. The SMILES string of the molecule is Cc1nn(C)c(C)c1NC(=O)[C@@H](C)Sc1nnc(C2CC2)n1C. The van der Waals surface area contributed by atoms with Crippen LogP contribution < -0.4 is 5.32 Å². The van der Waals surface area contributed by atoms with Crippen LogP contribution in [0.5, 0.6) is 0 Å². The summed E-state index contributed by atoms with van der Waals surface area (Å²) < 4.78 is 3.78. The Hall–Kier alpha value is -1.83. The monoisotopic (exact) mass is 334 g/mol. The average Bonchev–Trinajstić information content (AvgIpc) is 3.24. The van der Waals surface area contributed by atoms with Gasteiger partial charge in [-0.05, 0) is 33.6 Å². The van der Waals surface area contributed by atoms with E-state index in [1.807, 2.05) is 39.4 Å². The van der Waals surface area contributed by atoms with Crippen LogP contribution in [-0.4, -0.2) is 35.7 Å². The number of nitrogens with zero attached hydrogens (tertiary/aromatic N) is 5. The van der Waals surface area contributed by atoms with Gasteiger partial charge in [0.2, 0.25) is 5.91 Å². The number of amides is 1. The lowest BCUT2D eigenvalue weighted by Gasteiger charge is -2.12. The number of carbonyl (C=O) groups excluding carboxylic acids is 1. The second kappa shape index (κ2) is 5.99. The van der Waals surface area contributed by atoms with Crippen molar-refractivity contribution in [2.75, 3.05) is 5.32 Å². The Morgan fingerprint density at radius 3 is 2.57 bits per heavy atom. The Labute approximate surface area is 139 Å². The maximum atomic E-state index is 12.5.